The van der Waals surface area contributed by atoms with Gasteiger partial charge in [0.2, 0.25) is 0 Å². The van der Waals surface area contributed by atoms with Crippen LogP contribution in [0.3, 0.4) is 0 Å². The third-order valence-electron chi connectivity index (χ3n) is 3.93. The molecular formula is C15H21BrClN. The molecule has 2 rings (SSSR count). The number of hydrogen-bond acceptors (Lipinski definition) is 1. The topological polar surface area (TPSA) is 12.0 Å². The van der Waals surface area contributed by atoms with E-state index in [1.165, 1.54) is 31.2 Å². The highest BCUT2D eigenvalue weighted by atomic mass is 79.9. The Labute approximate surface area is 123 Å². The van der Waals surface area contributed by atoms with E-state index in [9.17, 15) is 0 Å². The first-order chi connectivity index (χ1) is 8.46. The summed E-state index contributed by atoms with van der Waals surface area (Å²) >= 11 is 9.60. The van der Waals surface area contributed by atoms with Gasteiger partial charge in [-0.05, 0) is 54.9 Å². The summed E-state index contributed by atoms with van der Waals surface area (Å²) < 4.78 is 1.13. The second-order valence-electron chi connectivity index (χ2n) is 6.06. The van der Waals surface area contributed by atoms with Crippen LogP contribution in [0.5, 0.6) is 0 Å². The van der Waals surface area contributed by atoms with E-state index in [1.54, 1.807) is 0 Å². The molecule has 1 aromatic rings. The van der Waals surface area contributed by atoms with Crippen LogP contribution < -0.4 is 5.32 Å². The highest BCUT2D eigenvalue weighted by Gasteiger charge is 2.26. The Morgan fingerprint density at radius 1 is 1.33 bits per heavy atom. The SMILES string of the molecule is CC1(C)CCC(NCc2cc(Cl)ccc2Br)CC1. The van der Waals surface area contributed by atoms with Gasteiger partial charge in [0.15, 0.2) is 0 Å². The van der Waals surface area contributed by atoms with E-state index in [-0.39, 0.29) is 0 Å². The fraction of sp³-hybridized carbons (Fsp3) is 0.600. The van der Waals surface area contributed by atoms with Crippen LogP contribution in [-0.2, 0) is 6.54 Å². The van der Waals surface area contributed by atoms with Crippen molar-refractivity contribution >= 4 is 27.5 Å². The molecule has 0 saturated heterocycles. The van der Waals surface area contributed by atoms with E-state index in [0.29, 0.717) is 11.5 Å². The van der Waals surface area contributed by atoms with Crippen molar-refractivity contribution in [2.45, 2.75) is 52.1 Å². The Bertz CT molecular complexity index is 407. The van der Waals surface area contributed by atoms with Crippen molar-refractivity contribution in [2.75, 3.05) is 0 Å². The lowest BCUT2D eigenvalue weighted by atomic mass is 9.75. The average Bonchev–Trinajstić information content (AvgIpc) is 2.32. The van der Waals surface area contributed by atoms with Gasteiger partial charge in [0.1, 0.15) is 0 Å². The predicted molar refractivity (Wildman–Crippen MR) is 82.0 cm³/mol. The van der Waals surface area contributed by atoms with Gasteiger partial charge in [-0.1, -0.05) is 41.4 Å². The summed E-state index contributed by atoms with van der Waals surface area (Å²) in [6.45, 7) is 5.64. The smallest absolute Gasteiger partial charge is 0.0410 e. The van der Waals surface area contributed by atoms with E-state index in [0.717, 1.165) is 16.0 Å². The monoisotopic (exact) mass is 329 g/mol. The zero-order valence-corrected chi connectivity index (χ0v) is 13.4. The van der Waals surface area contributed by atoms with Gasteiger partial charge in [0, 0.05) is 22.1 Å². The summed E-state index contributed by atoms with van der Waals surface area (Å²) in [5.74, 6) is 0. The lowest BCUT2D eigenvalue weighted by Crippen LogP contribution is -2.35. The summed E-state index contributed by atoms with van der Waals surface area (Å²) in [6.07, 6.45) is 5.21. The molecule has 0 radical (unpaired) electrons. The van der Waals surface area contributed by atoms with E-state index in [1.807, 2.05) is 18.2 Å². The lowest BCUT2D eigenvalue weighted by molar-refractivity contribution is 0.206. The number of halogens is 2. The van der Waals surface area contributed by atoms with Crippen molar-refractivity contribution in [3.63, 3.8) is 0 Å². The minimum absolute atomic E-state index is 0.537. The largest absolute Gasteiger partial charge is 0.310 e. The van der Waals surface area contributed by atoms with Crippen LogP contribution in [0.2, 0.25) is 5.02 Å². The van der Waals surface area contributed by atoms with Crippen LogP contribution in [0.25, 0.3) is 0 Å². The highest BCUT2D eigenvalue weighted by Crippen LogP contribution is 2.35. The second kappa shape index (κ2) is 5.94. The Morgan fingerprint density at radius 3 is 2.67 bits per heavy atom. The van der Waals surface area contributed by atoms with Gasteiger partial charge in [0.05, 0.1) is 0 Å². The molecule has 1 aromatic carbocycles. The van der Waals surface area contributed by atoms with Crippen LogP contribution in [-0.4, -0.2) is 6.04 Å². The van der Waals surface area contributed by atoms with Crippen molar-refractivity contribution in [1.82, 2.24) is 5.32 Å². The molecule has 100 valence electrons. The molecule has 1 saturated carbocycles. The van der Waals surface area contributed by atoms with Gasteiger partial charge >= 0.3 is 0 Å². The Hall–Kier alpha value is -0.0500. The van der Waals surface area contributed by atoms with Crippen LogP contribution in [0.15, 0.2) is 22.7 Å². The van der Waals surface area contributed by atoms with Crippen molar-refractivity contribution in [1.29, 1.82) is 0 Å². The maximum absolute atomic E-state index is 6.03. The third-order valence-corrected chi connectivity index (χ3v) is 4.94. The number of nitrogens with one attached hydrogen (secondary N) is 1. The fourth-order valence-electron chi connectivity index (χ4n) is 2.54. The first kappa shape index (κ1) is 14.4. The van der Waals surface area contributed by atoms with Crippen molar-refractivity contribution in [3.8, 4) is 0 Å². The number of benzene rings is 1. The van der Waals surface area contributed by atoms with Crippen molar-refractivity contribution in [3.05, 3.63) is 33.3 Å². The average molecular weight is 331 g/mol. The van der Waals surface area contributed by atoms with Crippen LogP contribution in [0, 0.1) is 5.41 Å². The quantitative estimate of drug-likeness (QED) is 0.807. The summed E-state index contributed by atoms with van der Waals surface area (Å²) in [7, 11) is 0. The highest BCUT2D eigenvalue weighted by molar-refractivity contribution is 9.10. The number of rotatable bonds is 3. The normalized spacial score (nSPS) is 20.0. The lowest BCUT2D eigenvalue weighted by Gasteiger charge is -2.34. The molecule has 18 heavy (non-hydrogen) atoms. The minimum Gasteiger partial charge on any atom is -0.310 e. The molecule has 0 aliphatic heterocycles. The van der Waals surface area contributed by atoms with Gasteiger partial charge in [-0.2, -0.15) is 0 Å². The summed E-state index contributed by atoms with van der Waals surface area (Å²) in [5, 5.41) is 4.46. The molecule has 1 aliphatic carbocycles. The molecule has 0 bridgehead atoms. The van der Waals surface area contributed by atoms with E-state index < -0.39 is 0 Å². The van der Waals surface area contributed by atoms with Crippen LogP contribution in [0.4, 0.5) is 0 Å². The zero-order valence-electron chi connectivity index (χ0n) is 11.1. The van der Waals surface area contributed by atoms with Gasteiger partial charge in [-0.25, -0.2) is 0 Å². The Morgan fingerprint density at radius 2 is 2.00 bits per heavy atom. The minimum atomic E-state index is 0.537. The van der Waals surface area contributed by atoms with Gasteiger partial charge in [-0.3, -0.25) is 0 Å². The first-order valence-electron chi connectivity index (χ1n) is 6.64. The molecule has 3 heteroatoms. The van der Waals surface area contributed by atoms with E-state index in [2.05, 4.69) is 35.1 Å². The van der Waals surface area contributed by atoms with Crippen molar-refractivity contribution < 1.29 is 0 Å². The molecule has 0 amide bonds. The van der Waals surface area contributed by atoms with Crippen LogP contribution >= 0.6 is 27.5 Å². The van der Waals surface area contributed by atoms with Gasteiger partial charge in [0.25, 0.3) is 0 Å². The molecule has 1 fully saturated rings. The van der Waals surface area contributed by atoms with E-state index >= 15 is 0 Å². The van der Waals surface area contributed by atoms with Gasteiger partial charge < -0.3 is 5.32 Å². The molecular weight excluding hydrogens is 310 g/mol. The molecule has 0 atom stereocenters. The Kier molecular flexibility index (Phi) is 4.74. The number of hydrogen-bond donors (Lipinski definition) is 1. The summed E-state index contributed by atoms with van der Waals surface area (Å²) in [4.78, 5) is 0. The molecule has 1 aliphatic rings. The standard InChI is InChI=1S/C15H21BrClN/c1-15(2)7-5-13(6-8-15)18-10-11-9-12(17)3-4-14(11)16/h3-4,9,13,18H,5-8,10H2,1-2H3. The predicted octanol–water partition coefficient (Wildman–Crippen LogP) is 5.16. The molecule has 1 nitrogen and oxygen atoms in total. The van der Waals surface area contributed by atoms with Gasteiger partial charge in [-0.15, -0.1) is 0 Å². The zero-order chi connectivity index (χ0) is 13.2. The summed E-state index contributed by atoms with van der Waals surface area (Å²) in [6, 6.07) is 6.62. The Balaban J connectivity index is 1.87. The summed E-state index contributed by atoms with van der Waals surface area (Å²) in [5.41, 5.74) is 1.78. The molecule has 0 spiro atoms. The molecule has 0 unspecified atom stereocenters. The van der Waals surface area contributed by atoms with Crippen LogP contribution in [0.1, 0.15) is 45.1 Å². The molecule has 1 N–H and O–H groups in total. The third kappa shape index (κ3) is 3.97. The molecule has 0 aromatic heterocycles. The van der Waals surface area contributed by atoms with E-state index in [4.69, 9.17) is 11.6 Å². The van der Waals surface area contributed by atoms with Crippen molar-refractivity contribution in [2.24, 2.45) is 5.41 Å². The second-order valence-corrected chi connectivity index (χ2v) is 7.35. The fourth-order valence-corrected chi connectivity index (χ4v) is 3.12. The maximum atomic E-state index is 6.03. The molecule has 0 heterocycles. The first-order valence-corrected chi connectivity index (χ1v) is 7.81. The maximum Gasteiger partial charge on any atom is 0.0410 e.